The topological polar surface area (TPSA) is 86.7 Å². The number of halogens is 1. The fourth-order valence-electron chi connectivity index (χ4n) is 2.41. The van der Waals surface area contributed by atoms with Crippen molar-refractivity contribution in [3.8, 4) is 0 Å². The molecule has 0 atom stereocenters. The third kappa shape index (κ3) is 4.44. The number of carboxylic acid groups (broad SMARTS) is 1. The molecule has 142 valence electrons. The van der Waals surface area contributed by atoms with Gasteiger partial charge in [-0.1, -0.05) is 42.2 Å². The summed E-state index contributed by atoms with van der Waals surface area (Å²) in [6.45, 7) is -0.306. The molecule has 28 heavy (non-hydrogen) atoms. The van der Waals surface area contributed by atoms with E-state index in [4.69, 9.17) is 17.3 Å². The molecule has 1 aliphatic heterocycles. The first-order valence-electron chi connectivity index (χ1n) is 7.98. The molecule has 1 fully saturated rings. The smallest absolute Gasteiger partial charge is 0.335 e. The van der Waals surface area contributed by atoms with E-state index in [2.05, 4.69) is 5.32 Å². The summed E-state index contributed by atoms with van der Waals surface area (Å²) in [4.78, 5) is 37.0. The highest BCUT2D eigenvalue weighted by atomic mass is 32.2. The molecule has 0 radical (unpaired) electrons. The molecule has 2 N–H and O–H groups in total. The van der Waals surface area contributed by atoms with Gasteiger partial charge in [-0.3, -0.25) is 14.5 Å². The third-order valence-corrected chi connectivity index (χ3v) is 5.16. The molecule has 2 aromatic carbocycles. The number of nitrogens with zero attached hydrogens (tertiary/aromatic N) is 1. The van der Waals surface area contributed by atoms with Gasteiger partial charge in [0, 0.05) is 11.3 Å². The molecule has 1 aliphatic rings. The van der Waals surface area contributed by atoms with Crippen molar-refractivity contribution in [2.75, 3.05) is 11.9 Å². The maximum atomic E-state index is 13.8. The maximum absolute atomic E-state index is 13.8. The van der Waals surface area contributed by atoms with E-state index in [0.29, 0.717) is 5.69 Å². The predicted molar refractivity (Wildman–Crippen MR) is 108 cm³/mol. The molecular formula is C19H13FN2O4S2. The lowest BCUT2D eigenvalue weighted by Gasteiger charge is -2.14. The summed E-state index contributed by atoms with van der Waals surface area (Å²) >= 11 is 6.16. The SMILES string of the molecule is O=C(CN1C(=O)C(=Cc2ccccc2F)SC1=S)Nc1ccc(C(=O)O)cc1. The number of carboxylic acids is 1. The second-order valence-electron chi connectivity index (χ2n) is 5.72. The lowest BCUT2D eigenvalue weighted by Crippen LogP contribution is -2.36. The van der Waals surface area contributed by atoms with Crippen molar-refractivity contribution in [3.05, 3.63) is 70.4 Å². The van der Waals surface area contributed by atoms with E-state index in [1.807, 2.05) is 0 Å². The van der Waals surface area contributed by atoms with E-state index in [0.717, 1.165) is 16.7 Å². The van der Waals surface area contributed by atoms with E-state index in [1.54, 1.807) is 12.1 Å². The van der Waals surface area contributed by atoms with Crippen LogP contribution in [0.25, 0.3) is 6.08 Å². The number of amides is 2. The monoisotopic (exact) mass is 416 g/mol. The largest absolute Gasteiger partial charge is 0.478 e. The Bertz CT molecular complexity index is 1010. The van der Waals surface area contributed by atoms with Crippen LogP contribution in [0.4, 0.5) is 10.1 Å². The molecule has 0 aromatic heterocycles. The summed E-state index contributed by atoms with van der Waals surface area (Å²) in [5.41, 5.74) is 0.738. The van der Waals surface area contributed by atoms with Gasteiger partial charge >= 0.3 is 5.97 Å². The van der Waals surface area contributed by atoms with Gasteiger partial charge in [0.1, 0.15) is 16.7 Å². The van der Waals surface area contributed by atoms with Crippen molar-refractivity contribution in [1.29, 1.82) is 0 Å². The first-order chi connectivity index (χ1) is 13.3. The van der Waals surface area contributed by atoms with Crippen LogP contribution in [0.5, 0.6) is 0 Å². The highest BCUT2D eigenvalue weighted by Gasteiger charge is 2.33. The number of carbonyl (C=O) groups excluding carboxylic acids is 2. The molecule has 0 aliphatic carbocycles. The van der Waals surface area contributed by atoms with Gasteiger partial charge < -0.3 is 10.4 Å². The Balaban J connectivity index is 1.68. The zero-order valence-corrected chi connectivity index (χ0v) is 15.8. The van der Waals surface area contributed by atoms with Crippen LogP contribution in [0.3, 0.4) is 0 Å². The van der Waals surface area contributed by atoms with Gasteiger partial charge in [0.05, 0.1) is 10.5 Å². The first kappa shape index (κ1) is 19.7. The van der Waals surface area contributed by atoms with Crippen molar-refractivity contribution in [1.82, 2.24) is 4.90 Å². The molecule has 1 heterocycles. The fraction of sp³-hybridized carbons (Fsp3) is 0.0526. The zero-order chi connectivity index (χ0) is 20.3. The average molecular weight is 416 g/mol. The first-order valence-corrected chi connectivity index (χ1v) is 9.21. The van der Waals surface area contributed by atoms with Crippen LogP contribution < -0.4 is 5.32 Å². The standard InChI is InChI=1S/C19H13FN2O4S2/c20-14-4-2-1-3-12(14)9-15-17(24)22(19(27)28-15)10-16(23)21-13-7-5-11(6-8-13)18(25)26/h1-9H,10H2,(H,21,23)(H,25,26). The second-order valence-corrected chi connectivity index (χ2v) is 7.40. The van der Waals surface area contributed by atoms with Gasteiger partial charge in [-0.15, -0.1) is 0 Å². The lowest BCUT2D eigenvalue weighted by atomic mass is 10.2. The quantitative estimate of drug-likeness (QED) is 0.574. The number of hydrogen-bond acceptors (Lipinski definition) is 5. The van der Waals surface area contributed by atoms with E-state index >= 15 is 0 Å². The molecule has 2 amide bonds. The lowest BCUT2D eigenvalue weighted by molar-refractivity contribution is -0.126. The number of hydrogen-bond donors (Lipinski definition) is 2. The van der Waals surface area contributed by atoms with E-state index in [1.165, 1.54) is 42.5 Å². The van der Waals surface area contributed by atoms with Crippen LogP contribution in [0, 0.1) is 5.82 Å². The van der Waals surface area contributed by atoms with E-state index < -0.39 is 23.6 Å². The van der Waals surface area contributed by atoms with Crippen LogP contribution in [-0.4, -0.2) is 38.7 Å². The van der Waals surface area contributed by atoms with Gasteiger partial charge in [0.25, 0.3) is 5.91 Å². The van der Waals surface area contributed by atoms with Crippen molar-refractivity contribution in [2.24, 2.45) is 0 Å². The Hall–Kier alpha value is -3.04. The number of rotatable bonds is 5. The number of carbonyl (C=O) groups is 3. The number of nitrogens with one attached hydrogen (secondary N) is 1. The number of anilines is 1. The summed E-state index contributed by atoms with van der Waals surface area (Å²) < 4.78 is 14.0. The van der Waals surface area contributed by atoms with Crippen molar-refractivity contribution >= 4 is 57.8 Å². The minimum atomic E-state index is -1.07. The molecule has 0 spiro atoms. The normalized spacial score (nSPS) is 15.2. The molecule has 9 heteroatoms. The van der Waals surface area contributed by atoms with Crippen LogP contribution >= 0.6 is 24.0 Å². The number of thiocarbonyl (C=S) groups is 1. The third-order valence-electron chi connectivity index (χ3n) is 3.78. The van der Waals surface area contributed by atoms with Gasteiger partial charge in [0.2, 0.25) is 5.91 Å². The molecule has 3 rings (SSSR count). The Morgan fingerprint density at radius 3 is 2.50 bits per heavy atom. The number of benzene rings is 2. The summed E-state index contributed by atoms with van der Waals surface area (Å²) in [6, 6.07) is 11.6. The second kappa shape index (κ2) is 8.32. The van der Waals surface area contributed by atoms with E-state index in [-0.39, 0.29) is 26.9 Å². The Morgan fingerprint density at radius 1 is 1.18 bits per heavy atom. The number of thioether (sulfide) groups is 1. The highest BCUT2D eigenvalue weighted by molar-refractivity contribution is 8.26. The predicted octanol–water partition coefficient (Wildman–Crippen LogP) is 3.36. The minimum Gasteiger partial charge on any atom is -0.478 e. The Labute approximate surface area is 169 Å². The van der Waals surface area contributed by atoms with Crippen LogP contribution in [-0.2, 0) is 9.59 Å². The maximum Gasteiger partial charge on any atom is 0.335 e. The van der Waals surface area contributed by atoms with Crippen LogP contribution in [0.2, 0.25) is 0 Å². The molecule has 0 saturated carbocycles. The van der Waals surface area contributed by atoms with Crippen molar-refractivity contribution < 1.29 is 23.9 Å². The molecule has 2 aromatic rings. The number of aromatic carboxylic acids is 1. The molecule has 6 nitrogen and oxygen atoms in total. The molecule has 1 saturated heterocycles. The molecular weight excluding hydrogens is 403 g/mol. The summed E-state index contributed by atoms with van der Waals surface area (Å²) in [5, 5.41) is 11.5. The van der Waals surface area contributed by atoms with Crippen LogP contribution in [0.1, 0.15) is 15.9 Å². The van der Waals surface area contributed by atoms with Gasteiger partial charge in [-0.2, -0.15) is 0 Å². The van der Waals surface area contributed by atoms with Crippen LogP contribution in [0.15, 0.2) is 53.4 Å². The minimum absolute atomic E-state index is 0.0909. The highest BCUT2D eigenvalue weighted by Crippen LogP contribution is 2.32. The van der Waals surface area contributed by atoms with E-state index in [9.17, 15) is 18.8 Å². The zero-order valence-electron chi connectivity index (χ0n) is 14.2. The Morgan fingerprint density at radius 2 is 1.86 bits per heavy atom. The van der Waals surface area contributed by atoms with Crippen molar-refractivity contribution in [3.63, 3.8) is 0 Å². The fourth-order valence-corrected chi connectivity index (χ4v) is 3.66. The Kier molecular flexibility index (Phi) is 5.86. The average Bonchev–Trinajstić information content (AvgIpc) is 2.91. The van der Waals surface area contributed by atoms with Gasteiger partial charge in [0.15, 0.2) is 0 Å². The van der Waals surface area contributed by atoms with Gasteiger partial charge in [-0.25, -0.2) is 9.18 Å². The molecule has 0 bridgehead atoms. The summed E-state index contributed by atoms with van der Waals surface area (Å²) in [6.07, 6.45) is 1.40. The summed E-state index contributed by atoms with van der Waals surface area (Å²) in [5.74, 6) is -2.51. The summed E-state index contributed by atoms with van der Waals surface area (Å²) in [7, 11) is 0. The molecule has 0 unspecified atom stereocenters. The van der Waals surface area contributed by atoms with Gasteiger partial charge in [-0.05, 0) is 36.4 Å². The van der Waals surface area contributed by atoms with Crippen molar-refractivity contribution in [2.45, 2.75) is 0 Å².